The summed E-state index contributed by atoms with van der Waals surface area (Å²) in [5.74, 6) is -2.59. The Morgan fingerprint density at radius 1 is 1.05 bits per heavy atom. The van der Waals surface area contributed by atoms with Gasteiger partial charge >= 0.3 is 5.97 Å². The molecule has 1 atom stereocenters. The molecule has 0 heterocycles. The Hall–Kier alpha value is -1.88. The molecule has 2 N–H and O–H groups in total. The average molecular weight is 339 g/mol. The largest absolute Gasteiger partial charge is 0.478 e. The molecule has 0 radical (unpaired) electrons. The highest BCUT2D eigenvalue weighted by molar-refractivity contribution is 6.38. The fourth-order valence-corrected chi connectivity index (χ4v) is 2.64. The lowest BCUT2D eigenvalue weighted by Gasteiger charge is -2.15. The van der Waals surface area contributed by atoms with Gasteiger partial charge in [-0.2, -0.15) is 0 Å². The SMILES string of the molecule is O=C(O)c1cc(Cl)cc(C(=O)C(CO)c2ccccc2)c1Cl. The Labute approximate surface area is 136 Å². The highest BCUT2D eigenvalue weighted by Gasteiger charge is 2.26. The van der Waals surface area contributed by atoms with Gasteiger partial charge in [-0.05, 0) is 17.7 Å². The molecule has 0 aliphatic carbocycles. The fraction of sp³-hybridized carbons (Fsp3) is 0.125. The zero-order chi connectivity index (χ0) is 16.3. The summed E-state index contributed by atoms with van der Waals surface area (Å²) in [6.45, 7) is -0.423. The molecule has 114 valence electrons. The zero-order valence-corrected chi connectivity index (χ0v) is 12.8. The second kappa shape index (κ2) is 6.92. The maximum absolute atomic E-state index is 12.6. The number of carbonyl (C=O) groups excluding carboxylic acids is 1. The molecule has 0 saturated heterocycles. The fourth-order valence-electron chi connectivity index (χ4n) is 2.14. The van der Waals surface area contributed by atoms with Crippen LogP contribution in [0.25, 0.3) is 0 Å². The Morgan fingerprint density at radius 3 is 2.18 bits per heavy atom. The summed E-state index contributed by atoms with van der Waals surface area (Å²) in [4.78, 5) is 23.8. The number of benzene rings is 2. The summed E-state index contributed by atoms with van der Waals surface area (Å²) in [7, 11) is 0. The van der Waals surface area contributed by atoms with Crippen molar-refractivity contribution in [3.05, 3.63) is 69.2 Å². The molecule has 6 heteroatoms. The van der Waals surface area contributed by atoms with Crippen LogP contribution in [0.3, 0.4) is 0 Å². The molecule has 0 spiro atoms. The molecule has 0 fully saturated rings. The number of hydrogen-bond acceptors (Lipinski definition) is 3. The number of halogens is 2. The van der Waals surface area contributed by atoms with Crippen molar-refractivity contribution < 1.29 is 19.8 Å². The van der Waals surface area contributed by atoms with Gasteiger partial charge in [0.05, 0.1) is 23.1 Å². The number of Topliss-reactive ketones (excluding diaryl/α,β-unsaturated/α-hetero) is 1. The van der Waals surface area contributed by atoms with E-state index in [2.05, 4.69) is 0 Å². The summed E-state index contributed by atoms with van der Waals surface area (Å²) in [5.41, 5.74) is 0.347. The van der Waals surface area contributed by atoms with Crippen molar-refractivity contribution in [2.45, 2.75) is 5.92 Å². The number of ketones is 1. The van der Waals surface area contributed by atoms with Gasteiger partial charge in [0, 0.05) is 10.6 Å². The van der Waals surface area contributed by atoms with Gasteiger partial charge < -0.3 is 10.2 Å². The molecule has 0 aliphatic rings. The number of aromatic carboxylic acids is 1. The lowest BCUT2D eigenvalue weighted by molar-refractivity contribution is 0.0697. The second-order valence-corrected chi connectivity index (χ2v) is 5.44. The van der Waals surface area contributed by atoms with Gasteiger partial charge in [0.15, 0.2) is 5.78 Å². The molecule has 22 heavy (non-hydrogen) atoms. The first-order chi connectivity index (χ1) is 10.5. The molecule has 0 amide bonds. The summed E-state index contributed by atoms with van der Waals surface area (Å²) in [6.07, 6.45) is 0. The Kier molecular flexibility index (Phi) is 5.19. The van der Waals surface area contributed by atoms with Crippen LogP contribution < -0.4 is 0 Å². The van der Waals surface area contributed by atoms with E-state index in [9.17, 15) is 14.7 Å². The van der Waals surface area contributed by atoms with Crippen molar-refractivity contribution in [3.8, 4) is 0 Å². The standard InChI is InChI=1S/C16H12Cl2O4/c17-10-6-11(14(18)12(7-10)16(21)22)15(20)13(8-19)9-4-2-1-3-5-9/h1-7,13,19H,8H2,(H,21,22). The lowest BCUT2D eigenvalue weighted by Crippen LogP contribution is -2.18. The molecule has 4 nitrogen and oxygen atoms in total. The number of rotatable bonds is 5. The van der Waals surface area contributed by atoms with Gasteiger partial charge in [0.25, 0.3) is 0 Å². The lowest BCUT2D eigenvalue weighted by atomic mass is 9.90. The van der Waals surface area contributed by atoms with Crippen LogP contribution in [0.15, 0.2) is 42.5 Å². The smallest absolute Gasteiger partial charge is 0.337 e. The molecule has 0 aromatic heterocycles. The van der Waals surface area contributed by atoms with Crippen molar-refractivity contribution in [2.24, 2.45) is 0 Å². The highest BCUT2D eigenvalue weighted by Crippen LogP contribution is 2.30. The molecule has 1 unspecified atom stereocenters. The van der Waals surface area contributed by atoms with E-state index in [-0.39, 0.29) is 21.2 Å². The first-order valence-corrected chi connectivity index (χ1v) is 7.13. The van der Waals surface area contributed by atoms with Crippen molar-refractivity contribution in [3.63, 3.8) is 0 Å². The molecular weight excluding hydrogens is 327 g/mol. The van der Waals surface area contributed by atoms with E-state index >= 15 is 0 Å². The maximum atomic E-state index is 12.6. The van der Waals surface area contributed by atoms with E-state index in [1.165, 1.54) is 12.1 Å². The topological polar surface area (TPSA) is 74.6 Å². The normalized spacial score (nSPS) is 12.0. The molecular formula is C16H12Cl2O4. The first kappa shape index (κ1) is 16.5. The van der Waals surface area contributed by atoms with Crippen molar-refractivity contribution >= 4 is 35.0 Å². The maximum Gasteiger partial charge on any atom is 0.337 e. The van der Waals surface area contributed by atoms with Gasteiger partial charge in [0.1, 0.15) is 0 Å². The van der Waals surface area contributed by atoms with Crippen LogP contribution >= 0.6 is 23.2 Å². The van der Waals surface area contributed by atoms with E-state index in [4.69, 9.17) is 28.3 Å². The Morgan fingerprint density at radius 2 is 1.64 bits per heavy atom. The minimum absolute atomic E-state index is 0.0190. The number of carboxylic acids is 1. The third kappa shape index (κ3) is 3.30. The number of aliphatic hydroxyl groups excluding tert-OH is 1. The number of aliphatic hydroxyl groups is 1. The van der Waals surface area contributed by atoms with Gasteiger partial charge in [-0.15, -0.1) is 0 Å². The molecule has 0 aliphatic heterocycles. The summed E-state index contributed by atoms with van der Waals surface area (Å²) in [5, 5.41) is 18.6. The van der Waals surface area contributed by atoms with Gasteiger partial charge in [-0.1, -0.05) is 53.5 Å². The Balaban J connectivity index is 2.51. The third-order valence-corrected chi connectivity index (χ3v) is 3.86. The second-order valence-electron chi connectivity index (χ2n) is 4.63. The van der Waals surface area contributed by atoms with Crippen molar-refractivity contribution in [1.29, 1.82) is 0 Å². The third-order valence-electron chi connectivity index (χ3n) is 3.23. The molecule has 2 rings (SSSR count). The van der Waals surface area contributed by atoms with Crippen molar-refractivity contribution in [1.82, 2.24) is 0 Å². The van der Waals surface area contributed by atoms with Gasteiger partial charge in [0.2, 0.25) is 0 Å². The van der Waals surface area contributed by atoms with E-state index in [0.29, 0.717) is 5.56 Å². The Bertz CT molecular complexity index is 714. The minimum Gasteiger partial charge on any atom is -0.478 e. The van der Waals surface area contributed by atoms with Crippen LogP contribution in [-0.2, 0) is 0 Å². The average Bonchev–Trinajstić information content (AvgIpc) is 2.50. The molecule has 2 aromatic rings. The number of hydrogen-bond donors (Lipinski definition) is 2. The molecule has 0 bridgehead atoms. The molecule has 0 saturated carbocycles. The summed E-state index contributed by atoms with van der Waals surface area (Å²) < 4.78 is 0. The highest BCUT2D eigenvalue weighted by atomic mass is 35.5. The van der Waals surface area contributed by atoms with E-state index in [1.807, 2.05) is 0 Å². The van der Waals surface area contributed by atoms with Crippen molar-refractivity contribution in [2.75, 3.05) is 6.61 Å². The van der Waals surface area contributed by atoms with E-state index in [0.717, 1.165) is 0 Å². The van der Waals surface area contributed by atoms with E-state index in [1.54, 1.807) is 30.3 Å². The van der Waals surface area contributed by atoms with Crippen LogP contribution in [0.5, 0.6) is 0 Å². The first-order valence-electron chi connectivity index (χ1n) is 6.38. The summed E-state index contributed by atoms with van der Waals surface area (Å²) in [6, 6.07) is 11.2. The van der Waals surface area contributed by atoms with Gasteiger partial charge in [-0.25, -0.2) is 4.79 Å². The monoisotopic (exact) mass is 338 g/mol. The minimum atomic E-state index is -1.28. The number of carbonyl (C=O) groups is 2. The zero-order valence-electron chi connectivity index (χ0n) is 11.3. The van der Waals surface area contributed by atoms with Crippen LogP contribution in [0.2, 0.25) is 10.0 Å². The van der Waals surface area contributed by atoms with Crippen LogP contribution in [0.1, 0.15) is 32.2 Å². The summed E-state index contributed by atoms with van der Waals surface area (Å²) >= 11 is 11.9. The molecule has 2 aromatic carbocycles. The quantitative estimate of drug-likeness (QED) is 0.816. The van der Waals surface area contributed by atoms with Gasteiger partial charge in [-0.3, -0.25) is 4.79 Å². The van der Waals surface area contributed by atoms with Crippen LogP contribution in [-0.4, -0.2) is 28.6 Å². The van der Waals surface area contributed by atoms with E-state index < -0.39 is 24.3 Å². The number of carboxylic acid groups (broad SMARTS) is 1. The predicted molar refractivity (Wildman–Crippen MR) is 84.0 cm³/mol. The predicted octanol–water partition coefficient (Wildman–Crippen LogP) is 3.65. The van der Waals surface area contributed by atoms with Crippen LogP contribution in [0.4, 0.5) is 0 Å². The van der Waals surface area contributed by atoms with Crippen LogP contribution in [0, 0.1) is 0 Å².